The highest BCUT2D eigenvalue weighted by molar-refractivity contribution is 5.39. The summed E-state index contributed by atoms with van der Waals surface area (Å²) in [5.74, 6) is 7.42. The Morgan fingerprint density at radius 3 is 2.80 bits per heavy atom. The molecule has 0 aliphatic rings. The van der Waals surface area contributed by atoms with Gasteiger partial charge < -0.3 is 10.5 Å². The molecule has 0 fully saturated rings. The van der Waals surface area contributed by atoms with E-state index < -0.39 is 0 Å². The number of likely N-dealkylation sites (N-methyl/N-ethyl adjacent to an activating group) is 1. The van der Waals surface area contributed by atoms with Crippen LogP contribution in [0.15, 0.2) is 24.3 Å². The Morgan fingerprint density at radius 1 is 1.35 bits per heavy atom. The minimum atomic E-state index is 0.381. The number of ether oxygens (including phenoxy) is 1. The van der Waals surface area contributed by atoms with E-state index in [1.807, 2.05) is 24.3 Å². The van der Waals surface area contributed by atoms with Gasteiger partial charge in [-0.25, -0.2) is 0 Å². The van der Waals surface area contributed by atoms with Gasteiger partial charge in [-0.15, -0.1) is 0 Å². The van der Waals surface area contributed by atoms with E-state index >= 15 is 0 Å². The fraction of sp³-hybridized carbons (Fsp3) is 0.529. The second-order valence-electron chi connectivity index (χ2n) is 5.17. The van der Waals surface area contributed by atoms with Gasteiger partial charge in [-0.1, -0.05) is 38.7 Å². The van der Waals surface area contributed by atoms with E-state index in [1.54, 1.807) is 0 Å². The Hall–Kier alpha value is -1.50. The zero-order chi connectivity index (χ0) is 14.8. The van der Waals surface area contributed by atoms with E-state index in [1.165, 1.54) is 0 Å². The minimum absolute atomic E-state index is 0.381. The Kier molecular flexibility index (Phi) is 7.79. The van der Waals surface area contributed by atoms with Crippen LogP contribution in [0.4, 0.5) is 0 Å². The minimum Gasteiger partial charge on any atom is -0.492 e. The lowest BCUT2D eigenvalue weighted by Crippen LogP contribution is -2.31. The molecule has 0 saturated heterocycles. The van der Waals surface area contributed by atoms with Gasteiger partial charge in [0.2, 0.25) is 0 Å². The van der Waals surface area contributed by atoms with Gasteiger partial charge in [-0.3, -0.25) is 4.90 Å². The van der Waals surface area contributed by atoms with Crippen molar-refractivity contribution < 1.29 is 4.74 Å². The average Bonchev–Trinajstić information content (AvgIpc) is 2.44. The van der Waals surface area contributed by atoms with E-state index in [9.17, 15) is 0 Å². The number of rotatable bonds is 7. The Balaban J connectivity index is 2.45. The van der Waals surface area contributed by atoms with Crippen LogP contribution in [0.5, 0.6) is 5.75 Å². The maximum atomic E-state index is 5.80. The van der Waals surface area contributed by atoms with Crippen molar-refractivity contribution in [3.05, 3.63) is 29.8 Å². The second-order valence-corrected chi connectivity index (χ2v) is 5.17. The third-order valence-electron chi connectivity index (χ3n) is 2.92. The molecular formula is C17H26N2O. The van der Waals surface area contributed by atoms with Crippen LogP contribution in [-0.4, -0.2) is 37.7 Å². The molecule has 1 aromatic carbocycles. The Bertz CT molecular complexity index is 446. The Labute approximate surface area is 123 Å². The molecule has 2 N–H and O–H groups in total. The van der Waals surface area contributed by atoms with Crippen LogP contribution in [0.1, 0.15) is 26.3 Å². The maximum absolute atomic E-state index is 5.80. The van der Waals surface area contributed by atoms with Gasteiger partial charge in [0.05, 0.1) is 6.54 Å². The van der Waals surface area contributed by atoms with E-state index in [0.717, 1.165) is 30.9 Å². The lowest BCUT2D eigenvalue weighted by molar-refractivity contribution is 0.200. The molecule has 0 atom stereocenters. The summed E-state index contributed by atoms with van der Waals surface area (Å²) in [6.07, 6.45) is 0. The van der Waals surface area contributed by atoms with Crippen LogP contribution in [0.2, 0.25) is 0 Å². The molecule has 0 heterocycles. The van der Waals surface area contributed by atoms with Crippen LogP contribution in [0, 0.1) is 17.8 Å². The zero-order valence-corrected chi connectivity index (χ0v) is 12.9. The normalized spacial score (nSPS) is 10.5. The van der Waals surface area contributed by atoms with Crippen LogP contribution in [-0.2, 0) is 0 Å². The molecule has 0 aliphatic heterocycles. The van der Waals surface area contributed by atoms with Crippen molar-refractivity contribution >= 4 is 0 Å². The summed E-state index contributed by atoms with van der Waals surface area (Å²) < 4.78 is 5.80. The first kappa shape index (κ1) is 16.6. The molecule has 0 unspecified atom stereocenters. The standard InChI is InChI=1S/C17H26N2O/c1-4-19(14-15(2)3)11-12-20-17-9-5-7-16(13-17)8-6-10-18/h5,7,9,13,15H,4,10-12,14,18H2,1-3H3. The molecule has 0 bridgehead atoms. The SMILES string of the molecule is CCN(CCOc1cccc(C#CCN)c1)CC(C)C. The molecule has 1 aromatic rings. The summed E-state index contributed by atoms with van der Waals surface area (Å²) in [5.41, 5.74) is 6.32. The van der Waals surface area contributed by atoms with E-state index in [2.05, 4.69) is 37.5 Å². The molecular weight excluding hydrogens is 248 g/mol. The summed E-state index contributed by atoms with van der Waals surface area (Å²) in [5, 5.41) is 0. The number of benzene rings is 1. The van der Waals surface area contributed by atoms with Crippen molar-refractivity contribution in [2.75, 3.05) is 32.8 Å². The second kappa shape index (κ2) is 9.41. The van der Waals surface area contributed by atoms with Crippen molar-refractivity contribution in [1.29, 1.82) is 0 Å². The first-order valence-corrected chi connectivity index (χ1v) is 7.29. The molecule has 0 aliphatic carbocycles. The van der Waals surface area contributed by atoms with Crippen LogP contribution < -0.4 is 10.5 Å². The van der Waals surface area contributed by atoms with Gasteiger partial charge in [0.1, 0.15) is 12.4 Å². The lowest BCUT2D eigenvalue weighted by atomic mass is 10.2. The van der Waals surface area contributed by atoms with Gasteiger partial charge in [-0.05, 0) is 30.7 Å². The molecule has 0 radical (unpaired) electrons. The molecule has 0 saturated carbocycles. The first-order chi connectivity index (χ1) is 9.65. The van der Waals surface area contributed by atoms with Gasteiger partial charge >= 0.3 is 0 Å². The van der Waals surface area contributed by atoms with Gasteiger partial charge in [-0.2, -0.15) is 0 Å². The number of hydrogen-bond acceptors (Lipinski definition) is 3. The highest BCUT2D eigenvalue weighted by Gasteiger charge is 2.05. The zero-order valence-electron chi connectivity index (χ0n) is 12.9. The van der Waals surface area contributed by atoms with E-state index in [-0.39, 0.29) is 0 Å². The highest BCUT2D eigenvalue weighted by atomic mass is 16.5. The van der Waals surface area contributed by atoms with Gasteiger partial charge in [0.15, 0.2) is 0 Å². The van der Waals surface area contributed by atoms with Crippen LogP contribution in [0.25, 0.3) is 0 Å². The van der Waals surface area contributed by atoms with Gasteiger partial charge in [0.25, 0.3) is 0 Å². The summed E-state index contributed by atoms with van der Waals surface area (Å²) in [7, 11) is 0. The summed E-state index contributed by atoms with van der Waals surface area (Å²) in [4.78, 5) is 2.41. The third kappa shape index (κ3) is 6.60. The monoisotopic (exact) mass is 274 g/mol. The van der Waals surface area contributed by atoms with Crippen molar-refractivity contribution in [3.63, 3.8) is 0 Å². The summed E-state index contributed by atoms with van der Waals surface area (Å²) in [6.45, 7) is 10.9. The molecule has 110 valence electrons. The maximum Gasteiger partial charge on any atom is 0.120 e. The fourth-order valence-corrected chi connectivity index (χ4v) is 2.00. The molecule has 1 rings (SSSR count). The number of nitrogens with zero attached hydrogens (tertiary/aromatic N) is 1. The third-order valence-corrected chi connectivity index (χ3v) is 2.92. The molecule has 0 amide bonds. The lowest BCUT2D eigenvalue weighted by Gasteiger charge is -2.22. The summed E-state index contributed by atoms with van der Waals surface area (Å²) >= 11 is 0. The molecule has 3 heteroatoms. The van der Waals surface area contributed by atoms with Crippen molar-refractivity contribution in [2.45, 2.75) is 20.8 Å². The number of hydrogen-bond donors (Lipinski definition) is 1. The van der Waals surface area contributed by atoms with E-state index in [0.29, 0.717) is 19.1 Å². The predicted molar refractivity (Wildman–Crippen MR) is 84.8 cm³/mol. The fourth-order valence-electron chi connectivity index (χ4n) is 2.00. The number of nitrogens with two attached hydrogens (primary N) is 1. The molecule has 20 heavy (non-hydrogen) atoms. The smallest absolute Gasteiger partial charge is 0.120 e. The quantitative estimate of drug-likeness (QED) is 0.776. The molecule has 0 aromatic heterocycles. The van der Waals surface area contributed by atoms with Gasteiger partial charge in [0, 0.05) is 18.7 Å². The average molecular weight is 274 g/mol. The first-order valence-electron chi connectivity index (χ1n) is 7.29. The van der Waals surface area contributed by atoms with Crippen molar-refractivity contribution in [2.24, 2.45) is 11.7 Å². The summed E-state index contributed by atoms with van der Waals surface area (Å²) in [6, 6.07) is 7.85. The largest absolute Gasteiger partial charge is 0.492 e. The molecule has 3 nitrogen and oxygen atoms in total. The molecule has 0 spiro atoms. The topological polar surface area (TPSA) is 38.5 Å². The highest BCUT2D eigenvalue weighted by Crippen LogP contribution is 2.12. The van der Waals surface area contributed by atoms with E-state index in [4.69, 9.17) is 10.5 Å². The Morgan fingerprint density at radius 2 is 2.15 bits per heavy atom. The van der Waals surface area contributed by atoms with Crippen LogP contribution >= 0.6 is 0 Å². The van der Waals surface area contributed by atoms with Crippen molar-refractivity contribution in [1.82, 2.24) is 4.90 Å². The van der Waals surface area contributed by atoms with Crippen molar-refractivity contribution in [3.8, 4) is 17.6 Å². The predicted octanol–water partition coefficient (Wildman–Crippen LogP) is 2.35. The van der Waals surface area contributed by atoms with Crippen LogP contribution in [0.3, 0.4) is 0 Å².